The number of fused-ring (bicyclic) bond motifs is 2. The summed E-state index contributed by atoms with van der Waals surface area (Å²) in [6.07, 6.45) is 17.3. The molecule has 13 saturated carbocycles. The van der Waals surface area contributed by atoms with Gasteiger partial charge in [-0.05, 0) is 200 Å². The molecule has 0 radical (unpaired) electrons. The Balaban J connectivity index is 0.000000136. The fraction of sp³-hybridized carbons (Fsp3) is 0.735. The summed E-state index contributed by atoms with van der Waals surface area (Å²) >= 11 is 0. The van der Waals surface area contributed by atoms with Crippen molar-refractivity contribution < 1.29 is 94.0 Å². The first-order valence-corrected chi connectivity index (χ1v) is 33.7. The summed E-state index contributed by atoms with van der Waals surface area (Å²) in [5, 5.41) is 10.0. The van der Waals surface area contributed by atoms with Gasteiger partial charge in [0, 0.05) is 58.0 Å². The fourth-order valence-electron chi connectivity index (χ4n) is 17.9. The quantitative estimate of drug-likeness (QED) is 0.0495. The van der Waals surface area contributed by atoms with Crippen molar-refractivity contribution in [2.45, 2.75) is 235 Å². The second-order valence-electron chi connectivity index (χ2n) is 29.2. The molecule has 89 heavy (non-hydrogen) atoms. The molecular weight excluding hydrogens is 1170 g/mol. The molecule has 12 atom stereocenters. The zero-order valence-corrected chi connectivity index (χ0v) is 54.0. The Bertz CT molecular complexity index is 2940. The molecule has 0 aromatic rings. The van der Waals surface area contributed by atoms with Crippen LogP contribution in [0.25, 0.3) is 0 Å². The molecule has 15 rings (SSSR count). The van der Waals surface area contributed by atoms with E-state index in [-0.39, 0.29) is 109 Å². The van der Waals surface area contributed by atoms with Gasteiger partial charge in [0.15, 0.2) is 0 Å². The third kappa shape index (κ3) is 15.1. The van der Waals surface area contributed by atoms with Crippen LogP contribution in [-0.4, -0.2) is 127 Å². The van der Waals surface area contributed by atoms with Gasteiger partial charge in [0.25, 0.3) is 10.1 Å². The fourth-order valence-corrected chi connectivity index (χ4v) is 19.8. The van der Waals surface area contributed by atoms with Crippen LogP contribution in [0.3, 0.4) is 0 Å². The van der Waals surface area contributed by atoms with E-state index in [1.807, 2.05) is 6.92 Å². The van der Waals surface area contributed by atoms with Crippen LogP contribution in [0.2, 0.25) is 0 Å². The molecule has 21 heteroatoms. The van der Waals surface area contributed by atoms with Crippen molar-refractivity contribution in [2.75, 3.05) is 13.2 Å². The molecule has 2 saturated heterocycles. The van der Waals surface area contributed by atoms with E-state index in [0.29, 0.717) is 71.1 Å². The maximum absolute atomic E-state index is 12.0. The van der Waals surface area contributed by atoms with E-state index < -0.39 is 56.7 Å². The summed E-state index contributed by atoms with van der Waals surface area (Å²) in [5.74, 6) is 1.62. The molecule has 12 unspecified atom stereocenters. The lowest BCUT2D eigenvalue weighted by atomic mass is 9.50. The Kier molecular flexibility index (Phi) is 20.2. The van der Waals surface area contributed by atoms with E-state index in [1.165, 1.54) is 58.3 Å². The summed E-state index contributed by atoms with van der Waals surface area (Å²) in [6.45, 7) is 30.0. The van der Waals surface area contributed by atoms with Crippen molar-refractivity contribution in [1.82, 2.24) is 0 Å². The highest BCUT2D eigenvalue weighted by Gasteiger charge is 2.66. The Hall–Kier alpha value is -5.67. The number of esters is 8. The predicted molar refractivity (Wildman–Crippen MR) is 321 cm³/mol. The molecule has 2 heterocycles. The highest BCUT2D eigenvalue weighted by Crippen LogP contribution is 2.61. The SMILES string of the molecule is C=C(C)C(=O)OC1(C)C2CC3CC(C2)CC1C3.C=C(C)C(=O)OC1(C)CCCC1.C=C(C)C(=O)OC12CC3CC(CC(O)(C3)C1)C2.C=C(C)C(=O)OC1C2CC3C(=O)OC1C3C2.C=C(C)C(=O)OCCOC(=O)CCC(=O)OC1C2CC3C1OS(=O)(=O)C3C2. The van der Waals surface area contributed by atoms with Gasteiger partial charge >= 0.3 is 47.8 Å². The van der Waals surface area contributed by atoms with Crippen LogP contribution in [0.5, 0.6) is 0 Å². The number of carbonyl (C=O) groups is 8. The van der Waals surface area contributed by atoms with Gasteiger partial charge < -0.3 is 43.0 Å². The van der Waals surface area contributed by atoms with Crippen LogP contribution in [-0.2, 0) is 90.6 Å². The van der Waals surface area contributed by atoms with E-state index in [0.717, 1.165) is 63.2 Å². The summed E-state index contributed by atoms with van der Waals surface area (Å²) in [7, 11) is -3.56. The Morgan fingerprint density at radius 3 is 1.61 bits per heavy atom. The van der Waals surface area contributed by atoms with Crippen LogP contribution < -0.4 is 0 Å². The zero-order chi connectivity index (χ0) is 64.9. The second kappa shape index (κ2) is 26.5. The molecule has 0 aromatic carbocycles. The summed E-state index contributed by atoms with van der Waals surface area (Å²) in [4.78, 5) is 92.4. The largest absolute Gasteiger partial charge is 0.462 e. The molecule has 0 spiro atoms. The van der Waals surface area contributed by atoms with Gasteiger partial charge in [0.1, 0.15) is 54.4 Å². The van der Waals surface area contributed by atoms with Gasteiger partial charge in [0.05, 0.1) is 29.6 Å². The standard InChI is InChI=1S/C17H22O9S.C15H22O2.C14H20O3.C12H14O4.C10H16O2/c1-9(2)17(20)24-6-5-23-13(18)3-4-14(19)25-15-10-7-11-12(8-10)27(21,22)26-16(11)15;1-9(2)14(16)17-15(3)12-5-10-4-11(7-12)8-13(15)6-10;1-9(2)12(15)17-14-6-10-3-11(7-14)5-13(16,4-10)8-14;1-5(2)11(13)15-9-6-3-7-8(4-6)12(14)16-10(7)9;1-8(2)9(11)12-10(3)6-4-5-7-10/h10-12,15-16H,1,3-8H2,2H3;10-13H,1,4-8H2,2-3H3;10-11,16H,1,3-8H2,2H3;6-10H,1,3-4H2,2H3;1,4-7H2,2-3H3. The molecule has 20 nitrogen and oxygen atoms in total. The van der Waals surface area contributed by atoms with E-state index in [1.54, 1.807) is 27.7 Å². The van der Waals surface area contributed by atoms with Gasteiger partial charge in [-0.15, -0.1) is 0 Å². The molecule has 12 bridgehead atoms. The third-order valence-corrected chi connectivity index (χ3v) is 23.3. The molecule has 2 aliphatic heterocycles. The van der Waals surface area contributed by atoms with Crippen molar-refractivity contribution in [3.8, 4) is 0 Å². The molecule has 0 amide bonds. The van der Waals surface area contributed by atoms with Crippen molar-refractivity contribution in [2.24, 2.45) is 65.1 Å². The van der Waals surface area contributed by atoms with Crippen molar-refractivity contribution in [3.05, 3.63) is 60.8 Å². The van der Waals surface area contributed by atoms with Gasteiger partial charge in [-0.2, -0.15) is 8.42 Å². The van der Waals surface area contributed by atoms with Crippen LogP contribution in [0, 0.1) is 65.1 Å². The number of rotatable bonds is 16. The van der Waals surface area contributed by atoms with Crippen LogP contribution in [0.15, 0.2) is 60.8 Å². The smallest absolute Gasteiger partial charge is 0.333 e. The van der Waals surface area contributed by atoms with E-state index in [9.17, 15) is 51.9 Å². The highest BCUT2D eigenvalue weighted by molar-refractivity contribution is 7.87. The van der Waals surface area contributed by atoms with E-state index >= 15 is 0 Å². The molecule has 13 aliphatic carbocycles. The van der Waals surface area contributed by atoms with Crippen molar-refractivity contribution in [3.63, 3.8) is 0 Å². The molecule has 1 N–H and O–H groups in total. The van der Waals surface area contributed by atoms with Crippen molar-refractivity contribution in [1.29, 1.82) is 0 Å². The number of hydrogen-bond acceptors (Lipinski definition) is 20. The predicted octanol–water partition coefficient (Wildman–Crippen LogP) is 9.48. The first kappa shape index (κ1) is 67.7. The lowest BCUT2D eigenvalue weighted by Crippen LogP contribution is -2.60. The van der Waals surface area contributed by atoms with E-state index in [4.69, 9.17) is 42.1 Å². The van der Waals surface area contributed by atoms with Crippen LogP contribution in [0.1, 0.15) is 183 Å². The lowest BCUT2D eigenvalue weighted by molar-refractivity contribution is -0.217. The van der Waals surface area contributed by atoms with Crippen molar-refractivity contribution >= 4 is 57.9 Å². The van der Waals surface area contributed by atoms with Gasteiger partial charge in [-0.3, -0.25) is 18.6 Å². The molecule has 15 aliphatic rings. The minimum Gasteiger partial charge on any atom is -0.462 e. The highest BCUT2D eigenvalue weighted by atomic mass is 32.2. The maximum Gasteiger partial charge on any atom is 0.333 e. The monoisotopic (exact) mass is 1260 g/mol. The Morgan fingerprint density at radius 1 is 0.551 bits per heavy atom. The maximum atomic E-state index is 12.0. The first-order valence-electron chi connectivity index (χ1n) is 32.2. The lowest BCUT2D eigenvalue weighted by Gasteiger charge is -2.59. The molecular formula is C68H94O20S. The van der Waals surface area contributed by atoms with Crippen LogP contribution >= 0.6 is 0 Å². The number of ether oxygens (including phenoxy) is 8. The molecule has 492 valence electrons. The average Bonchev–Trinajstić information content (AvgIpc) is 1.65. The molecule has 0 aromatic heterocycles. The average molecular weight is 1260 g/mol. The van der Waals surface area contributed by atoms with Crippen LogP contribution in [0.4, 0.5) is 0 Å². The third-order valence-electron chi connectivity index (χ3n) is 21.6. The topological polar surface area (TPSA) is 274 Å². The Morgan fingerprint density at radius 2 is 1.04 bits per heavy atom. The molecule has 15 fully saturated rings. The normalized spacial score (nSPS) is 38.2. The first-order chi connectivity index (χ1) is 41.7. The van der Waals surface area contributed by atoms with E-state index in [2.05, 4.69) is 39.8 Å². The number of aliphatic hydroxyl groups is 1. The summed E-state index contributed by atoms with van der Waals surface area (Å²) in [6, 6.07) is 0. The van der Waals surface area contributed by atoms with Gasteiger partial charge in [0.2, 0.25) is 0 Å². The minimum atomic E-state index is -3.56. The minimum absolute atomic E-state index is 0.0128. The zero-order valence-electron chi connectivity index (χ0n) is 53.1. The number of hydrogen-bond donors (Lipinski definition) is 1. The van der Waals surface area contributed by atoms with Gasteiger partial charge in [-0.25, -0.2) is 24.0 Å². The second-order valence-corrected chi connectivity index (χ2v) is 30.9. The number of carbonyl (C=O) groups excluding carboxylic acids is 8. The van der Waals surface area contributed by atoms with Gasteiger partial charge in [-0.1, -0.05) is 32.9 Å². The summed E-state index contributed by atoms with van der Waals surface area (Å²) < 4.78 is 71.4. The summed E-state index contributed by atoms with van der Waals surface area (Å²) in [5.41, 5.74) is 0.725. The Labute approximate surface area is 524 Å².